The van der Waals surface area contributed by atoms with E-state index in [1.54, 1.807) is 0 Å². The van der Waals surface area contributed by atoms with Crippen LogP contribution in [0.1, 0.15) is 41.6 Å². The Bertz CT molecular complexity index is 769. The fourth-order valence-electron chi connectivity index (χ4n) is 4.11. The molecule has 4 rings (SSSR count). The number of likely N-dealkylation sites (tertiary alicyclic amines) is 1. The molecule has 1 fully saturated rings. The van der Waals surface area contributed by atoms with Crippen molar-refractivity contribution in [2.24, 2.45) is 0 Å². The molecule has 0 unspecified atom stereocenters. The summed E-state index contributed by atoms with van der Waals surface area (Å²) >= 11 is 0. The van der Waals surface area contributed by atoms with Crippen molar-refractivity contribution < 1.29 is 4.79 Å². The lowest BCUT2D eigenvalue weighted by Crippen LogP contribution is -2.47. The number of aryl methyl sites for hydroxylation is 2. The van der Waals surface area contributed by atoms with Crippen LogP contribution in [-0.4, -0.2) is 35.0 Å². The van der Waals surface area contributed by atoms with Crippen molar-refractivity contribution in [2.75, 3.05) is 13.1 Å². The molecule has 0 saturated carbocycles. The number of rotatable bonds is 5. The van der Waals surface area contributed by atoms with E-state index in [-0.39, 0.29) is 12.1 Å². The third-order valence-electron chi connectivity index (χ3n) is 5.65. The van der Waals surface area contributed by atoms with Crippen LogP contribution < -0.4 is 10.6 Å². The summed E-state index contributed by atoms with van der Waals surface area (Å²) in [6, 6.07) is 12.8. The van der Waals surface area contributed by atoms with E-state index in [1.807, 2.05) is 18.3 Å². The Morgan fingerprint density at radius 3 is 2.78 bits per heavy atom. The monoisotopic (exact) mass is 364 g/mol. The molecule has 1 aromatic carbocycles. The number of aromatic nitrogens is 1. The van der Waals surface area contributed by atoms with Gasteiger partial charge in [0.2, 0.25) is 0 Å². The van der Waals surface area contributed by atoms with Crippen molar-refractivity contribution in [1.82, 2.24) is 20.5 Å². The van der Waals surface area contributed by atoms with Gasteiger partial charge in [-0.1, -0.05) is 24.3 Å². The quantitative estimate of drug-likeness (QED) is 0.857. The Morgan fingerprint density at radius 1 is 1.11 bits per heavy atom. The summed E-state index contributed by atoms with van der Waals surface area (Å²) in [6.07, 6.45) is 7.44. The first-order chi connectivity index (χ1) is 13.3. The van der Waals surface area contributed by atoms with Crippen LogP contribution in [0.5, 0.6) is 0 Å². The number of nitrogens with zero attached hydrogens (tertiary/aromatic N) is 2. The molecule has 5 heteroatoms. The second-order valence-corrected chi connectivity index (χ2v) is 7.66. The largest absolute Gasteiger partial charge is 0.335 e. The molecule has 142 valence electrons. The van der Waals surface area contributed by atoms with Crippen LogP contribution in [0, 0.1) is 0 Å². The smallest absolute Gasteiger partial charge is 0.315 e. The van der Waals surface area contributed by atoms with Crippen molar-refractivity contribution in [3.05, 3.63) is 65.0 Å². The first kappa shape index (κ1) is 18.0. The highest BCUT2D eigenvalue weighted by Gasteiger charge is 2.21. The molecule has 0 radical (unpaired) electrons. The lowest BCUT2D eigenvalue weighted by Gasteiger charge is -2.32. The van der Waals surface area contributed by atoms with Crippen LogP contribution in [0.2, 0.25) is 0 Å². The van der Waals surface area contributed by atoms with Gasteiger partial charge < -0.3 is 10.6 Å². The standard InChI is InChI=1S/C22H28N4O/c27-22(24-15-17-7-8-18-4-3-5-19(18)14-17)25-20-9-12-26(13-10-20)16-21-6-1-2-11-23-21/h1-2,6-8,11,14,20H,3-5,9-10,12-13,15-16H2,(H2,24,25,27). The minimum Gasteiger partial charge on any atom is -0.335 e. The zero-order valence-electron chi connectivity index (χ0n) is 15.8. The second-order valence-electron chi connectivity index (χ2n) is 7.66. The van der Waals surface area contributed by atoms with Gasteiger partial charge in [-0.15, -0.1) is 0 Å². The summed E-state index contributed by atoms with van der Waals surface area (Å²) in [4.78, 5) is 19.0. The van der Waals surface area contributed by atoms with E-state index in [0.717, 1.165) is 38.2 Å². The van der Waals surface area contributed by atoms with Crippen molar-refractivity contribution >= 4 is 6.03 Å². The summed E-state index contributed by atoms with van der Waals surface area (Å²) in [6.45, 7) is 3.47. The fourth-order valence-corrected chi connectivity index (χ4v) is 4.11. The number of nitrogens with one attached hydrogen (secondary N) is 2. The van der Waals surface area contributed by atoms with Gasteiger partial charge in [0, 0.05) is 38.4 Å². The summed E-state index contributed by atoms with van der Waals surface area (Å²) in [5, 5.41) is 6.15. The molecule has 2 amide bonds. The van der Waals surface area contributed by atoms with Gasteiger partial charge in [0.1, 0.15) is 0 Å². The summed E-state index contributed by atoms with van der Waals surface area (Å²) < 4.78 is 0. The van der Waals surface area contributed by atoms with E-state index >= 15 is 0 Å². The second kappa shape index (κ2) is 8.53. The molecular formula is C22H28N4O. The molecule has 1 aliphatic carbocycles. The molecule has 2 aliphatic rings. The molecule has 1 aromatic heterocycles. The van der Waals surface area contributed by atoms with Crippen LogP contribution in [0.4, 0.5) is 4.79 Å². The lowest BCUT2D eigenvalue weighted by molar-refractivity contribution is 0.185. The van der Waals surface area contributed by atoms with Crippen molar-refractivity contribution in [2.45, 2.75) is 51.2 Å². The van der Waals surface area contributed by atoms with Crippen LogP contribution in [0.15, 0.2) is 42.6 Å². The lowest BCUT2D eigenvalue weighted by atomic mass is 10.0. The maximum absolute atomic E-state index is 12.2. The minimum absolute atomic E-state index is 0.0568. The molecule has 2 N–H and O–H groups in total. The third-order valence-corrected chi connectivity index (χ3v) is 5.65. The predicted molar refractivity (Wildman–Crippen MR) is 106 cm³/mol. The molecule has 0 spiro atoms. The van der Waals surface area contributed by atoms with Crippen molar-refractivity contribution in [3.8, 4) is 0 Å². The van der Waals surface area contributed by atoms with E-state index in [0.29, 0.717) is 6.54 Å². The Morgan fingerprint density at radius 2 is 1.96 bits per heavy atom. The van der Waals surface area contributed by atoms with E-state index in [4.69, 9.17) is 0 Å². The molecule has 27 heavy (non-hydrogen) atoms. The zero-order chi connectivity index (χ0) is 18.5. The van der Waals surface area contributed by atoms with Crippen LogP contribution in [0.3, 0.4) is 0 Å². The van der Waals surface area contributed by atoms with E-state index in [2.05, 4.69) is 44.8 Å². The van der Waals surface area contributed by atoms with Gasteiger partial charge in [-0.2, -0.15) is 0 Å². The third kappa shape index (κ3) is 4.86. The average Bonchev–Trinajstić information content (AvgIpc) is 3.17. The summed E-state index contributed by atoms with van der Waals surface area (Å²) in [7, 11) is 0. The van der Waals surface area contributed by atoms with Gasteiger partial charge in [-0.3, -0.25) is 9.88 Å². The van der Waals surface area contributed by atoms with Crippen LogP contribution >= 0.6 is 0 Å². The number of carbonyl (C=O) groups excluding carboxylic acids is 1. The molecule has 2 heterocycles. The van der Waals surface area contributed by atoms with Gasteiger partial charge in [0.15, 0.2) is 0 Å². The SMILES string of the molecule is O=C(NCc1ccc2c(c1)CCC2)NC1CCN(Cc2ccccn2)CC1. The number of hydrogen-bond donors (Lipinski definition) is 2. The van der Waals surface area contributed by atoms with Gasteiger partial charge >= 0.3 is 6.03 Å². The number of amides is 2. The van der Waals surface area contributed by atoms with Gasteiger partial charge in [-0.25, -0.2) is 4.79 Å². The van der Waals surface area contributed by atoms with Crippen molar-refractivity contribution in [1.29, 1.82) is 0 Å². The molecule has 2 aromatic rings. The summed E-state index contributed by atoms with van der Waals surface area (Å²) in [5.41, 5.74) is 5.22. The molecule has 0 atom stereocenters. The topological polar surface area (TPSA) is 57.3 Å². The van der Waals surface area contributed by atoms with Crippen LogP contribution in [-0.2, 0) is 25.9 Å². The highest BCUT2D eigenvalue weighted by atomic mass is 16.2. The van der Waals surface area contributed by atoms with Crippen LogP contribution in [0.25, 0.3) is 0 Å². The Labute approximate surface area is 161 Å². The number of urea groups is 1. The predicted octanol–water partition coefficient (Wildman–Crippen LogP) is 3.03. The van der Waals surface area contributed by atoms with E-state index in [1.165, 1.54) is 36.0 Å². The Hall–Kier alpha value is -2.40. The number of piperidine rings is 1. The highest BCUT2D eigenvalue weighted by molar-refractivity contribution is 5.74. The number of carbonyl (C=O) groups is 1. The van der Waals surface area contributed by atoms with Gasteiger partial charge in [0.05, 0.1) is 5.69 Å². The normalized spacial score (nSPS) is 17.5. The summed E-state index contributed by atoms with van der Waals surface area (Å²) in [5.74, 6) is 0. The molecule has 5 nitrogen and oxygen atoms in total. The first-order valence-electron chi connectivity index (χ1n) is 10.0. The average molecular weight is 364 g/mol. The van der Waals surface area contributed by atoms with E-state index in [9.17, 15) is 4.79 Å². The first-order valence-corrected chi connectivity index (χ1v) is 10.0. The van der Waals surface area contributed by atoms with Gasteiger partial charge in [0.25, 0.3) is 0 Å². The molecule has 1 aliphatic heterocycles. The molecule has 1 saturated heterocycles. The van der Waals surface area contributed by atoms with Gasteiger partial charge in [-0.05, 0) is 60.9 Å². The molecule has 0 bridgehead atoms. The van der Waals surface area contributed by atoms with E-state index < -0.39 is 0 Å². The number of fused-ring (bicyclic) bond motifs is 1. The number of benzene rings is 1. The maximum Gasteiger partial charge on any atom is 0.315 e. The highest BCUT2D eigenvalue weighted by Crippen LogP contribution is 2.22. The fraction of sp³-hybridized carbons (Fsp3) is 0.455. The minimum atomic E-state index is -0.0568. The Balaban J connectivity index is 1.18. The zero-order valence-corrected chi connectivity index (χ0v) is 15.8. The maximum atomic E-state index is 12.2. The van der Waals surface area contributed by atoms with Crippen molar-refractivity contribution in [3.63, 3.8) is 0 Å². The number of hydrogen-bond acceptors (Lipinski definition) is 3. The number of pyridine rings is 1. The molecular weight excluding hydrogens is 336 g/mol. The Kier molecular flexibility index (Phi) is 5.68.